The van der Waals surface area contributed by atoms with Gasteiger partial charge in [-0.2, -0.15) is 0 Å². The van der Waals surface area contributed by atoms with E-state index >= 15 is 0 Å². The van der Waals surface area contributed by atoms with Crippen LogP contribution >= 0.6 is 0 Å². The van der Waals surface area contributed by atoms with Gasteiger partial charge in [0, 0.05) is 19.1 Å². The summed E-state index contributed by atoms with van der Waals surface area (Å²) in [6.07, 6.45) is 2.72. The molecule has 1 atom stereocenters. The van der Waals surface area contributed by atoms with Crippen LogP contribution in [0.4, 0.5) is 0 Å². The van der Waals surface area contributed by atoms with Crippen LogP contribution in [0.3, 0.4) is 0 Å². The first-order valence-corrected chi connectivity index (χ1v) is 7.21. The van der Waals surface area contributed by atoms with Crippen molar-refractivity contribution in [2.24, 2.45) is 11.7 Å². The summed E-state index contributed by atoms with van der Waals surface area (Å²) in [6, 6.07) is 10.7. The van der Waals surface area contributed by atoms with Gasteiger partial charge in [0.2, 0.25) is 0 Å². The summed E-state index contributed by atoms with van der Waals surface area (Å²) in [6.45, 7) is 6.46. The lowest BCUT2D eigenvalue weighted by molar-refractivity contribution is 0.210. The molecule has 19 heavy (non-hydrogen) atoms. The summed E-state index contributed by atoms with van der Waals surface area (Å²) in [5.41, 5.74) is 6.97. The lowest BCUT2D eigenvalue weighted by Gasteiger charge is -2.30. The van der Waals surface area contributed by atoms with E-state index in [1.807, 2.05) is 18.2 Å². The smallest absolute Gasteiger partial charge is 0.0995 e. The number of nitrogens with one attached hydrogen (secondary N) is 1. The topological polar surface area (TPSA) is 53.1 Å². The number of hydrogen-bond acceptors (Lipinski definition) is 2. The minimum atomic E-state index is 0.0161. The molecule has 0 saturated heterocycles. The molecular formula is C16H25N3. The van der Waals surface area contributed by atoms with Gasteiger partial charge in [-0.1, -0.05) is 30.3 Å². The van der Waals surface area contributed by atoms with E-state index < -0.39 is 0 Å². The van der Waals surface area contributed by atoms with Gasteiger partial charge >= 0.3 is 0 Å². The normalized spacial score (nSPS) is 16.8. The molecule has 0 heterocycles. The Morgan fingerprint density at radius 3 is 2.42 bits per heavy atom. The monoisotopic (exact) mass is 259 g/mol. The van der Waals surface area contributed by atoms with Crippen LogP contribution in [-0.2, 0) is 0 Å². The van der Waals surface area contributed by atoms with Crippen molar-refractivity contribution in [2.45, 2.75) is 38.6 Å². The predicted octanol–water partition coefficient (Wildman–Crippen LogP) is 2.83. The van der Waals surface area contributed by atoms with E-state index in [0.29, 0.717) is 6.04 Å². The zero-order valence-electron chi connectivity index (χ0n) is 12.0. The van der Waals surface area contributed by atoms with Crippen molar-refractivity contribution in [2.75, 3.05) is 13.1 Å². The van der Waals surface area contributed by atoms with Gasteiger partial charge in [0.25, 0.3) is 0 Å². The third kappa shape index (κ3) is 4.06. The Morgan fingerprint density at radius 1 is 1.32 bits per heavy atom. The highest BCUT2D eigenvalue weighted by Crippen LogP contribution is 2.31. The van der Waals surface area contributed by atoms with Crippen LogP contribution in [0.5, 0.6) is 0 Å². The number of amidine groups is 1. The van der Waals surface area contributed by atoms with E-state index in [1.165, 1.54) is 12.8 Å². The summed E-state index contributed by atoms with van der Waals surface area (Å²) < 4.78 is 0. The summed E-state index contributed by atoms with van der Waals surface area (Å²) in [5, 5.41) is 7.87. The number of rotatable bonds is 7. The lowest BCUT2D eigenvalue weighted by Crippen LogP contribution is -2.39. The molecule has 0 amide bonds. The Labute approximate surface area is 116 Å². The summed E-state index contributed by atoms with van der Waals surface area (Å²) >= 11 is 0. The van der Waals surface area contributed by atoms with Crippen molar-refractivity contribution in [3.63, 3.8) is 0 Å². The van der Waals surface area contributed by atoms with Crippen LogP contribution in [0.2, 0.25) is 0 Å². The molecule has 0 bridgehead atoms. The second-order valence-corrected chi connectivity index (χ2v) is 5.91. The average molecular weight is 259 g/mol. The molecule has 1 saturated carbocycles. The molecule has 3 heteroatoms. The highest BCUT2D eigenvalue weighted by Gasteiger charge is 2.28. The van der Waals surface area contributed by atoms with Crippen molar-refractivity contribution in [1.29, 1.82) is 5.41 Å². The van der Waals surface area contributed by atoms with E-state index in [9.17, 15) is 0 Å². The molecule has 0 spiro atoms. The zero-order valence-corrected chi connectivity index (χ0v) is 12.0. The molecule has 1 aromatic rings. The van der Waals surface area contributed by atoms with Gasteiger partial charge in [-0.15, -0.1) is 0 Å². The SMILES string of the molecule is CC(C)N(CC1CC1)CC(C(=N)N)c1ccccc1. The molecule has 3 nitrogen and oxygen atoms in total. The molecule has 1 aliphatic carbocycles. The minimum absolute atomic E-state index is 0.0161. The Bertz CT molecular complexity index is 409. The second-order valence-electron chi connectivity index (χ2n) is 5.91. The fraction of sp³-hybridized carbons (Fsp3) is 0.562. The highest BCUT2D eigenvalue weighted by molar-refractivity contribution is 5.84. The van der Waals surface area contributed by atoms with Gasteiger partial charge in [0.05, 0.1) is 11.8 Å². The average Bonchev–Trinajstić information content (AvgIpc) is 3.18. The van der Waals surface area contributed by atoms with Gasteiger partial charge in [-0.05, 0) is 38.2 Å². The van der Waals surface area contributed by atoms with Crippen LogP contribution in [0.1, 0.15) is 38.2 Å². The molecule has 0 aromatic heterocycles. The van der Waals surface area contributed by atoms with Crippen LogP contribution in [0, 0.1) is 11.3 Å². The third-order valence-electron chi connectivity index (χ3n) is 3.91. The molecule has 1 aromatic carbocycles. The van der Waals surface area contributed by atoms with E-state index in [-0.39, 0.29) is 11.8 Å². The third-order valence-corrected chi connectivity index (χ3v) is 3.91. The highest BCUT2D eigenvalue weighted by atomic mass is 15.2. The largest absolute Gasteiger partial charge is 0.387 e. The fourth-order valence-electron chi connectivity index (χ4n) is 2.43. The molecule has 1 aliphatic rings. The van der Waals surface area contributed by atoms with Crippen molar-refractivity contribution >= 4 is 5.84 Å². The molecule has 2 rings (SSSR count). The summed E-state index contributed by atoms with van der Waals surface area (Å²) in [5.74, 6) is 1.15. The Balaban J connectivity index is 2.08. The van der Waals surface area contributed by atoms with Crippen molar-refractivity contribution in [3.8, 4) is 0 Å². The number of nitrogens with zero attached hydrogens (tertiary/aromatic N) is 1. The van der Waals surface area contributed by atoms with Gasteiger partial charge in [0.1, 0.15) is 0 Å². The first kappa shape index (κ1) is 14.1. The molecule has 0 aliphatic heterocycles. The summed E-state index contributed by atoms with van der Waals surface area (Å²) in [7, 11) is 0. The van der Waals surface area contributed by atoms with E-state index in [1.54, 1.807) is 0 Å². The Morgan fingerprint density at radius 2 is 1.95 bits per heavy atom. The maximum Gasteiger partial charge on any atom is 0.0995 e. The Kier molecular flexibility index (Phi) is 4.59. The fourth-order valence-corrected chi connectivity index (χ4v) is 2.43. The van der Waals surface area contributed by atoms with Crippen molar-refractivity contribution < 1.29 is 0 Å². The number of nitrogens with two attached hydrogens (primary N) is 1. The lowest BCUT2D eigenvalue weighted by atomic mass is 9.96. The second kappa shape index (κ2) is 6.20. The number of benzene rings is 1. The summed E-state index contributed by atoms with van der Waals surface area (Å²) in [4.78, 5) is 2.47. The molecule has 104 valence electrons. The predicted molar refractivity (Wildman–Crippen MR) is 80.5 cm³/mol. The standard InChI is InChI=1S/C16H25N3/c1-12(2)19(10-13-8-9-13)11-15(16(17)18)14-6-4-3-5-7-14/h3-7,12-13,15H,8-11H2,1-2H3,(H3,17,18). The number of hydrogen-bond donors (Lipinski definition) is 2. The maximum atomic E-state index is 7.87. The molecule has 1 fully saturated rings. The van der Waals surface area contributed by atoms with Crippen molar-refractivity contribution in [3.05, 3.63) is 35.9 Å². The van der Waals surface area contributed by atoms with E-state index in [4.69, 9.17) is 11.1 Å². The van der Waals surface area contributed by atoms with Crippen LogP contribution < -0.4 is 5.73 Å². The van der Waals surface area contributed by atoms with Gasteiger partial charge in [0.15, 0.2) is 0 Å². The maximum absolute atomic E-state index is 7.87. The molecule has 0 radical (unpaired) electrons. The minimum Gasteiger partial charge on any atom is -0.387 e. The van der Waals surface area contributed by atoms with Crippen LogP contribution in [0.15, 0.2) is 30.3 Å². The van der Waals surface area contributed by atoms with Gasteiger partial charge in [-0.25, -0.2) is 0 Å². The van der Waals surface area contributed by atoms with E-state index in [0.717, 1.165) is 24.6 Å². The van der Waals surface area contributed by atoms with Gasteiger partial charge < -0.3 is 5.73 Å². The van der Waals surface area contributed by atoms with Crippen LogP contribution in [-0.4, -0.2) is 29.9 Å². The molecular weight excluding hydrogens is 234 g/mol. The van der Waals surface area contributed by atoms with E-state index in [2.05, 4.69) is 30.9 Å². The van der Waals surface area contributed by atoms with Crippen LogP contribution in [0.25, 0.3) is 0 Å². The quantitative estimate of drug-likeness (QED) is 0.584. The first-order valence-electron chi connectivity index (χ1n) is 7.21. The Hall–Kier alpha value is -1.35. The van der Waals surface area contributed by atoms with Crippen molar-refractivity contribution in [1.82, 2.24) is 4.90 Å². The zero-order chi connectivity index (χ0) is 13.8. The molecule has 1 unspecified atom stereocenters. The first-order chi connectivity index (χ1) is 9.08. The molecule has 3 N–H and O–H groups in total. The van der Waals surface area contributed by atoms with Gasteiger partial charge in [-0.3, -0.25) is 10.3 Å².